The third-order valence-electron chi connectivity index (χ3n) is 5.60. The van der Waals surface area contributed by atoms with Crippen LogP contribution in [0.4, 0.5) is 5.13 Å². The summed E-state index contributed by atoms with van der Waals surface area (Å²) in [6.07, 6.45) is 1.90. The number of aromatic nitrogens is 1. The number of thiazole rings is 1. The van der Waals surface area contributed by atoms with Crippen LogP contribution in [0, 0.1) is 0 Å². The Morgan fingerprint density at radius 2 is 2.00 bits per heavy atom. The second kappa shape index (κ2) is 10.8. The zero-order chi connectivity index (χ0) is 24.1. The van der Waals surface area contributed by atoms with Gasteiger partial charge < -0.3 is 9.47 Å². The molecule has 0 radical (unpaired) electrons. The van der Waals surface area contributed by atoms with Crippen LogP contribution in [-0.2, 0) is 14.6 Å². The predicted molar refractivity (Wildman–Crippen MR) is 134 cm³/mol. The Labute approximate surface area is 204 Å². The van der Waals surface area contributed by atoms with Gasteiger partial charge in [-0.3, -0.25) is 14.6 Å². The molecule has 0 spiro atoms. The second-order valence-electron chi connectivity index (χ2n) is 8.12. The largest absolute Gasteiger partial charge is 0.494 e. The smallest absolute Gasteiger partial charge is 0.260 e. The Bertz CT molecular complexity index is 1250. The van der Waals surface area contributed by atoms with Gasteiger partial charge >= 0.3 is 0 Å². The zero-order valence-electron chi connectivity index (χ0n) is 19.4. The normalized spacial score (nSPS) is 14.9. The summed E-state index contributed by atoms with van der Waals surface area (Å²) >= 11 is 1.43. The van der Waals surface area contributed by atoms with Gasteiger partial charge in [-0.15, -0.1) is 0 Å². The quantitative estimate of drug-likeness (QED) is 0.442. The van der Waals surface area contributed by atoms with Crippen LogP contribution in [0.15, 0.2) is 47.4 Å². The van der Waals surface area contributed by atoms with Gasteiger partial charge in [0.25, 0.3) is 5.91 Å². The molecule has 1 amide bonds. The Hall–Kier alpha value is -2.53. The van der Waals surface area contributed by atoms with Crippen molar-refractivity contribution in [1.82, 2.24) is 9.88 Å². The van der Waals surface area contributed by atoms with Crippen molar-refractivity contribution in [3.8, 4) is 5.75 Å². The van der Waals surface area contributed by atoms with Gasteiger partial charge in [-0.05, 0) is 49.7 Å². The number of benzene rings is 2. The highest BCUT2D eigenvalue weighted by molar-refractivity contribution is 7.90. The molecule has 0 atom stereocenters. The number of hydrogen-bond acceptors (Lipinski definition) is 8. The molecule has 1 saturated heterocycles. The molecule has 2 heterocycles. The average molecular weight is 504 g/mol. The lowest BCUT2D eigenvalue weighted by molar-refractivity contribution is 0.0376. The van der Waals surface area contributed by atoms with Gasteiger partial charge in [-0.2, -0.15) is 0 Å². The first-order chi connectivity index (χ1) is 16.3. The highest BCUT2D eigenvalue weighted by Gasteiger charge is 2.23. The summed E-state index contributed by atoms with van der Waals surface area (Å²) in [5, 5.41) is 0.584. The maximum absolute atomic E-state index is 13.6. The lowest BCUT2D eigenvalue weighted by Crippen LogP contribution is -2.39. The summed E-state index contributed by atoms with van der Waals surface area (Å²) in [5.74, 6) is 0.493. The minimum atomic E-state index is -3.43. The Kier molecular flexibility index (Phi) is 7.82. The fraction of sp³-hybridized carbons (Fsp3) is 0.417. The maximum atomic E-state index is 13.6. The Balaban J connectivity index is 1.62. The Morgan fingerprint density at radius 3 is 2.74 bits per heavy atom. The lowest BCUT2D eigenvalue weighted by atomic mass is 10.2. The van der Waals surface area contributed by atoms with E-state index in [1.807, 2.05) is 25.1 Å². The summed E-state index contributed by atoms with van der Waals surface area (Å²) in [6.45, 7) is 7.02. The number of carbonyl (C=O) groups is 1. The van der Waals surface area contributed by atoms with Crippen LogP contribution in [0.2, 0.25) is 0 Å². The summed E-state index contributed by atoms with van der Waals surface area (Å²) in [5.41, 5.74) is 1.11. The van der Waals surface area contributed by atoms with Crippen molar-refractivity contribution in [3.05, 3.63) is 48.0 Å². The first kappa shape index (κ1) is 24.6. The van der Waals surface area contributed by atoms with Crippen LogP contribution in [0.1, 0.15) is 23.7 Å². The van der Waals surface area contributed by atoms with Crippen molar-refractivity contribution in [2.45, 2.75) is 18.2 Å². The number of anilines is 1. The molecule has 0 saturated carbocycles. The third-order valence-corrected chi connectivity index (χ3v) is 7.76. The van der Waals surface area contributed by atoms with Gasteiger partial charge in [0, 0.05) is 38.0 Å². The first-order valence-corrected chi connectivity index (χ1v) is 14.0. The number of fused-ring (bicyclic) bond motifs is 1. The molecule has 4 rings (SSSR count). The fourth-order valence-electron chi connectivity index (χ4n) is 3.84. The molecular formula is C24H29N3O5S2. The van der Waals surface area contributed by atoms with Crippen LogP contribution < -0.4 is 9.64 Å². The van der Waals surface area contributed by atoms with Gasteiger partial charge in [0.1, 0.15) is 5.75 Å². The van der Waals surface area contributed by atoms with E-state index in [2.05, 4.69) is 4.90 Å². The summed E-state index contributed by atoms with van der Waals surface area (Å²) < 4.78 is 36.0. The summed E-state index contributed by atoms with van der Waals surface area (Å²) in [6, 6.07) is 11.9. The predicted octanol–water partition coefficient (Wildman–Crippen LogP) is 3.47. The van der Waals surface area contributed by atoms with E-state index in [0.29, 0.717) is 23.8 Å². The first-order valence-electron chi connectivity index (χ1n) is 11.3. The molecule has 34 heavy (non-hydrogen) atoms. The van der Waals surface area contributed by atoms with Gasteiger partial charge in [0.15, 0.2) is 15.0 Å². The highest BCUT2D eigenvalue weighted by atomic mass is 32.2. The minimum Gasteiger partial charge on any atom is -0.494 e. The average Bonchev–Trinajstić information content (AvgIpc) is 3.25. The van der Waals surface area contributed by atoms with E-state index in [1.165, 1.54) is 23.5 Å². The third kappa shape index (κ3) is 5.93. The fourth-order valence-corrected chi connectivity index (χ4v) is 5.53. The number of sulfone groups is 1. The number of carbonyl (C=O) groups excluding carboxylic acids is 1. The monoisotopic (exact) mass is 503 g/mol. The van der Waals surface area contributed by atoms with Crippen molar-refractivity contribution in [2.75, 3.05) is 57.2 Å². The second-order valence-corrected chi connectivity index (χ2v) is 11.1. The van der Waals surface area contributed by atoms with E-state index in [9.17, 15) is 13.2 Å². The maximum Gasteiger partial charge on any atom is 0.260 e. The highest BCUT2D eigenvalue weighted by Crippen LogP contribution is 2.32. The molecule has 0 aliphatic carbocycles. The molecule has 0 bridgehead atoms. The zero-order valence-corrected chi connectivity index (χ0v) is 21.0. The summed E-state index contributed by atoms with van der Waals surface area (Å²) in [4.78, 5) is 22.4. The van der Waals surface area contributed by atoms with Gasteiger partial charge in [-0.25, -0.2) is 13.4 Å². The van der Waals surface area contributed by atoms with E-state index in [0.717, 1.165) is 61.5 Å². The van der Waals surface area contributed by atoms with Crippen LogP contribution in [0.5, 0.6) is 5.75 Å². The number of rotatable bonds is 9. The molecule has 3 aromatic rings. The molecule has 8 nitrogen and oxygen atoms in total. The number of amides is 1. The van der Waals surface area contributed by atoms with E-state index >= 15 is 0 Å². The van der Waals surface area contributed by atoms with Crippen molar-refractivity contribution in [2.24, 2.45) is 0 Å². The van der Waals surface area contributed by atoms with Gasteiger partial charge in [0.05, 0.1) is 34.9 Å². The molecule has 0 N–H and O–H groups in total. The van der Waals surface area contributed by atoms with Crippen LogP contribution in [0.3, 0.4) is 0 Å². The molecular weight excluding hydrogens is 474 g/mol. The SMILES string of the molecule is CCOc1ccc2nc(N(CCCN3CCOCC3)C(=O)c3cccc(S(C)(=O)=O)c3)sc2c1. The topological polar surface area (TPSA) is 89.0 Å². The van der Waals surface area contributed by atoms with Crippen molar-refractivity contribution < 1.29 is 22.7 Å². The molecule has 1 aliphatic heterocycles. The van der Waals surface area contributed by atoms with Crippen molar-refractivity contribution in [3.63, 3.8) is 0 Å². The van der Waals surface area contributed by atoms with E-state index in [1.54, 1.807) is 17.0 Å². The molecule has 1 aromatic heterocycles. The molecule has 2 aromatic carbocycles. The van der Waals surface area contributed by atoms with E-state index in [-0.39, 0.29) is 10.8 Å². The minimum absolute atomic E-state index is 0.122. The molecule has 1 aliphatic rings. The van der Waals surface area contributed by atoms with Gasteiger partial charge in [-0.1, -0.05) is 17.4 Å². The van der Waals surface area contributed by atoms with Crippen LogP contribution in [-0.4, -0.2) is 76.5 Å². The van der Waals surface area contributed by atoms with Crippen LogP contribution in [0.25, 0.3) is 10.2 Å². The number of morpholine rings is 1. The standard InChI is InChI=1S/C24H29N3O5S2/c1-3-32-19-8-9-21-22(17-19)33-24(25-21)27(11-5-10-26-12-14-31-15-13-26)23(28)18-6-4-7-20(16-18)34(2,29)30/h4,6-9,16-17H,3,5,10-15H2,1-2H3. The molecule has 10 heteroatoms. The van der Waals surface area contributed by atoms with E-state index in [4.69, 9.17) is 14.5 Å². The Morgan fingerprint density at radius 1 is 1.21 bits per heavy atom. The van der Waals surface area contributed by atoms with Crippen LogP contribution >= 0.6 is 11.3 Å². The number of ether oxygens (including phenoxy) is 2. The van der Waals surface area contributed by atoms with Crippen molar-refractivity contribution in [1.29, 1.82) is 0 Å². The number of hydrogen-bond donors (Lipinski definition) is 0. The van der Waals surface area contributed by atoms with Crippen molar-refractivity contribution >= 4 is 42.4 Å². The summed E-state index contributed by atoms with van der Waals surface area (Å²) in [7, 11) is -3.43. The number of nitrogens with zero attached hydrogens (tertiary/aromatic N) is 3. The molecule has 0 unspecified atom stereocenters. The van der Waals surface area contributed by atoms with E-state index < -0.39 is 9.84 Å². The lowest BCUT2D eigenvalue weighted by Gasteiger charge is -2.27. The molecule has 1 fully saturated rings. The van der Waals surface area contributed by atoms with Gasteiger partial charge in [0.2, 0.25) is 0 Å². The molecule has 182 valence electrons.